The quantitative estimate of drug-likeness (QED) is 0.487. The molecule has 1 aromatic carbocycles. The molecule has 0 radical (unpaired) electrons. The minimum absolute atomic E-state index is 0.0395. The molecule has 128 valence electrons. The fraction of sp³-hybridized carbons (Fsp3) is 0.417. The molecule has 5 nitrogen and oxygen atoms in total. The smallest absolute Gasteiger partial charge is 0.383 e. The van der Waals surface area contributed by atoms with Crippen LogP contribution in [0.1, 0.15) is 5.56 Å². The van der Waals surface area contributed by atoms with E-state index in [9.17, 15) is 21.6 Å². The van der Waals surface area contributed by atoms with E-state index < -0.39 is 26.8 Å². The number of rotatable bonds is 4. The van der Waals surface area contributed by atoms with Crippen molar-refractivity contribution in [2.24, 2.45) is 10.9 Å². The Hall–Kier alpha value is -1.07. The van der Waals surface area contributed by atoms with E-state index in [-0.39, 0.29) is 11.1 Å². The molecule has 2 N–H and O–H groups in total. The molecule has 2 rings (SSSR count). The molecule has 1 aliphatic rings. The van der Waals surface area contributed by atoms with Gasteiger partial charge >= 0.3 is 16.3 Å². The number of thioether (sulfide) groups is 2. The van der Waals surface area contributed by atoms with Crippen LogP contribution < -0.4 is 5.73 Å². The van der Waals surface area contributed by atoms with E-state index in [1.54, 1.807) is 23.5 Å². The van der Waals surface area contributed by atoms with Gasteiger partial charge in [-0.2, -0.15) is 33.4 Å². The fourth-order valence-electron chi connectivity index (χ4n) is 1.66. The summed E-state index contributed by atoms with van der Waals surface area (Å²) < 4.78 is 65.6. The van der Waals surface area contributed by atoms with Gasteiger partial charge in [-0.25, -0.2) is 0 Å². The standard InChI is InChI=1S/C12H13F3N2O3S3/c13-12(14,15)8-1-3-9(4-2-8)23(18,19)20-17-11(16)10-7-21-5-6-22-10/h1-4,10H,5-7H2,(H2,16,17). The second kappa shape index (κ2) is 7.22. The SMILES string of the molecule is NC(=NOS(=O)(=O)c1ccc(C(F)(F)F)cc1)C1CSCCS1. The molecular formula is C12H13F3N2O3S3. The van der Waals surface area contributed by atoms with Gasteiger partial charge in [0, 0.05) is 17.3 Å². The molecule has 1 heterocycles. The van der Waals surface area contributed by atoms with Crippen molar-refractivity contribution in [1.82, 2.24) is 0 Å². The predicted molar refractivity (Wildman–Crippen MR) is 84.9 cm³/mol. The second-order valence-corrected chi connectivity index (χ2v) is 8.49. The number of hydrogen-bond donors (Lipinski definition) is 1. The number of oxime groups is 1. The van der Waals surface area contributed by atoms with Crippen molar-refractivity contribution in [1.29, 1.82) is 0 Å². The molecule has 1 aromatic rings. The molecule has 0 aromatic heterocycles. The molecular weight excluding hydrogens is 373 g/mol. The molecule has 0 saturated carbocycles. The van der Waals surface area contributed by atoms with E-state index in [1.165, 1.54) is 0 Å². The Balaban J connectivity index is 2.09. The number of amidine groups is 1. The maximum absolute atomic E-state index is 12.5. The zero-order valence-electron chi connectivity index (χ0n) is 11.6. The summed E-state index contributed by atoms with van der Waals surface area (Å²) in [6.45, 7) is 0. The van der Waals surface area contributed by atoms with Gasteiger partial charge in [0.1, 0.15) is 4.90 Å². The van der Waals surface area contributed by atoms with Gasteiger partial charge in [-0.3, -0.25) is 4.28 Å². The van der Waals surface area contributed by atoms with E-state index in [0.29, 0.717) is 17.9 Å². The van der Waals surface area contributed by atoms with Crippen molar-refractivity contribution in [2.75, 3.05) is 17.3 Å². The van der Waals surface area contributed by atoms with Crippen LogP contribution in [0, 0.1) is 0 Å². The Morgan fingerprint density at radius 1 is 1.26 bits per heavy atom. The lowest BCUT2D eigenvalue weighted by atomic mass is 10.2. The van der Waals surface area contributed by atoms with Crippen molar-refractivity contribution < 1.29 is 25.9 Å². The zero-order valence-corrected chi connectivity index (χ0v) is 14.1. The van der Waals surface area contributed by atoms with Crippen molar-refractivity contribution >= 4 is 39.5 Å². The second-order valence-electron chi connectivity index (χ2n) is 4.50. The predicted octanol–water partition coefficient (Wildman–Crippen LogP) is 2.53. The lowest BCUT2D eigenvalue weighted by Crippen LogP contribution is -2.31. The minimum Gasteiger partial charge on any atom is -0.383 e. The monoisotopic (exact) mass is 386 g/mol. The van der Waals surface area contributed by atoms with Gasteiger partial charge in [-0.1, -0.05) is 5.16 Å². The largest absolute Gasteiger partial charge is 0.416 e. The number of nitrogens with two attached hydrogens (primary N) is 1. The van der Waals surface area contributed by atoms with Crippen LogP contribution in [0.2, 0.25) is 0 Å². The molecule has 1 unspecified atom stereocenters. The summed E-state index contributed by atoms with van der Waals surface area (Å²) in [7, 11) is -4.31. The van der Waals surface area contributed by atoms with Gasteiger partial charge in [0.15, 0.2) is 5.84 Å². The normalized spacial score (nSPS) is 20.3. The Bertz CT molecular complexity index is 669. The zero-order chi connectivity index (χ0) is 17.1. The topological polar surface area (TPSA) is 81.8 Å². The van der Waals surface area contributed by atoms with Gasteiger partial charge < -0.3 is 5.73 Å². The summed E-state index contributed by atoms with van der Waals surface area (Å²) in [6, 6.07) is 2.96. The molecule has 0 aliphatic carbocycles. The Labute approximate surface area is 139 Å². The average Bonchev–Trinajstić information content (AvgIpc) is 2.53. The van der Waals surface area contributed by atoms with Crippen molar-refractivity contribution in [3.05, 3.63) is 29.8 Å². The van der Waals surface area contributed by atoms with Gasteiger partial charge in [0.05, 0.1) is 10.8 Å². The third-order valence-electron chi connectivity index (χ3n) is 2.86. The highest BCUT2D eigenvalue weighted by atomic mass is 32.2. The van der Waals surface area contributed by atoms with Gasteiger partial charge in [0.25, 0.3) is 0 Å². The molecule has 1 saturated heterocycles. The molecule has 0 bridgehead atoms. The Morgan fingerprint density at radius 2 is 1.91 bits per heavy atom. The maximum Gasteiger partial charge on any atom is 0.416 e. The summed E-state index contributed by atoms with van der Waals surface area (Å²) >= 11 is 3.22. The lowest BCUT2D eigenvalue weighted by Gasteiger charge is -2.19. The summed E-state index contributed by atoms with van der Waals surface area (Å²) in [5.41, 5.74) is 4.74. The molecule has 23 heavy (non-hydrogen) atoms. The molecule has 1 fully saturated rings. The van der Waals surface area contributed by atoms with Gasteiger partial charge in [-0.15, -0.1) is 11.8 Å². The maximum atomic E-state index is 12.5. The first-order valence-corrected chi connectivity index (χ1v) is 9.95. The first-order chi connectivity index (χ1) is 10.7. The molecule has 1 atom stereocenters. The lowest BCUT2D eigenvalue weighted by molar-refractivity contribution is -0.137. The summed E-state index contributed by atoms with van der Waals surface area (Å²) in [4.78, 5) is -0.423. The van der Waals surface area contributed by atoms with Gasteiger partial charge in [-0.05, 0) is 24.3 Å². The van der Waals surface area contributed by atoms with Gasteiger partial charge in [0.2, 0.25) is 0 Å². The van der Waals surface area contributed by atoms with E-state index in [4.69, 9.17) is 5.73 Å². The van der Waals surface area contributed by atoms with E-state index in [1.807, 2.05) is 0 Å². The molecule has 0 amide bonds. The highest BCUT2D eigenvalue weighted by Crippen LogP contribution is 2.30. The number of alkyl halides is 3. The van der Waals surface area contributed by atoms with Crippen LogP contribution >= 0.6 is 23.5 Å². The van der Waals surface area contributed by atoms with Crippen LogP contribution in [0.4, 0.5) is 13.2 Å². The number of hydrogen-bond acceptors (Lipinski definition) is 6. The summed E-state index contributed by atoms with van der Waals surface area (Å²) in [5, 5.41) is 3.28. The van der Waals surface area contributed by atoms with Crippen molar-refractivity contribution in [3.8, 4) is 0 Å². The Morgan fingerprint density at radius 3 is 2.43 bits per heavy atom. The number of benzene rings is 1. The van der Waals surface area contributed by atoms with Crippen LogP contribution in [0.25, 0.3) is 0 Å². The average molecular weight is 386 g/mol. The highest BCUT2D eigenvalue weighted by molar-refractivity contribution is 8.07. The van der Waals surface area contributed by atoms with E-state index >= 15 is 0 Å². The number of halogens is 3. The van der Waals surface area contributed by atoms with Crippen molar-refractivity contribution in [3.63, 3.8) is 0 Å². The van der Waals surface area contributed by atoms with Crippen LogP contribution in [-0.2, 0) is 20.6 Å². The van der Waals surface area contributed by atoms with Crippen LogP contribution in [0.15, 0.2) is 34.3 Å². The third-order valence-corrected chi connectivity index (χ3v) is 6.76. The highest BCUT2D eigenvalue weighted by Gasteiger charge is 2.31. The summed E-state index contributed by atoms with van der Waals surface area (Å²) in [5.74, 6) is 2.60. The molecule has 0 spiro atoms. The summed E-state index contributed by atoms with van der Waals surface area (Å²) in [6.07, 6.45) is -4.54. The number of nitrogens with zero attached hydrogens (tertiary/aromatic N) is 1. The first kappa shape index (κ1) is 18.3. The van der Waals surface area contributed by atoms with Crippen LogP contribution in [0.3, 0.4) is 0 Å². The van der Waals surface area contributed by atoms with Crippen molar-refractivity contribution in [2.45, 2.75) is 16.3 Å². The minimum atomic E-state index is -4.54. The van der Waals surface area contributed by atoms with Crippen LogP contribution in [0.5, 0.6) is 0 Å². The van der Waals surface area contributed by atoms with E-state index in [0.717, 1.165) is 23.6 Å². The van der Waals surface area contributed by atoms with E-state index in [2.05, 4.69) is 9.44 Å². The first-order valence-electron chi connectivity index (χ1n) is 6.34. The molecule has 11 heteroatoms. The molecule has 1 aliphatic heterocycles. The van der Waals surface area contributed by atoms with Crippen LogP contribution in [-0.4, -0.2) is 36.8 Å². The Kier molecular flexibility index (Phi) is 5.74. The third kappa shape index (κ3) is 4.95. The fourth-order valence-corrected chi connectivity index (χ4v) is 4.98.